The van der Waals surface area contributed by atoms with E-state index in [2.05, 4.69) is 0 Å². The first-order chi connectivity index (χ1) is 6.63. The van der Waals surface area contributed by atoms with Crippen LogP contribution in [0.2, 0.25) is 0 Å². The summed E-state index contributed by atoms with van der Waals surface area (Å²) in [5.41, 5.74) is 1.16. The first-order valence-electron chi connectivity index (χ1n) is 4.49. The van der Waals surface area contributed by atoms with Crippen LogP contribution in [-0.4, -0.2) is 11.6 Å². The van der Waals surface area contributed by atoms with Crippen LogP contribution >= 0.6 is 23.2 Å². The van der Waals surface area contributed by atoms with Crippen LogP contribution in [0.1, 0.15) is 25.7 Å². The summed E-state index contributed by atoms with van der Waals surface area (Å²) >= 11 is 11.4. The summed E-state index contributed by atoms with van der Waals surface area (Å²) in [6.45, 7) is 0. The third kappa shape index (κ3) is 1.33. The Kier molecular flexibility index (Phi) is 2.50. The molecule has 0 aromatic carbocycles. The Morgan fingerprint density at radius 2 is 1.14 bits per heavy atom. The summed E-state index contributed by atoms with van der Waals surface area (Å²) in [5.74, 6) is -0.517. The SMILES string of the molecule is O=C1C(Cl)=C(Cl)C(=O)C2=C1CCCC2. The van der Waals surface area contributed by atoms with E-state index in [4.69, 9.17) is 23.2 Å². The lowest BCUT2D eigenvalue weighted by molar-refractivity contribution is -0.116. The Hall–Kier alpha value is -0.600. The normalized spacial score (nSPS) is 23.0. The van der Waals surface area contributed by atoms with Gasteiger partial charge in [0.1, 0.15) is 10.1 Å². The number of carbonyl (C=O) groups is 2. The standard InChI is InChI=1S/C10H8Cl2O2/c11-7-8(12)10(14)6-4-2-1-3-5(6)9(7)13/h1-4H2. The van der Waals surface area contributed by atoms with Crippen molar-refractivity contribution in [3.05, 3.63) is 21.2 Å². The fourth-order valence-electron chi connectivity index (χ4n) is 1.87. The molecule has 0 unspecified atom stereocenters. The molecule has 14 heavy (non-hydrogen) atoms. The summed E-state index contributed by atoms with van der Waals surface area (Å²) in [4.78, 5) is 23.3. The van der Waals surface area contributed by atoms with E-state index >= 15 is 0 Å². The number of allylic oxidation sites excluding steroid dienone is 4. The van der Waals surface area contributed by atoms with Gasteiger partial charge in [0.15, 0.2) is 0 Å². The maximum atomic E-state index is 11.6. The van der Waals surface area contributed by atoms with Crippen LogP contribution in [0.4, 0.5) is 0 Å². The predicted molar refractivity (Wildman–Crippen MR) is 54.2 cm³/mol. The molecule has 4 heteroatoms. The van der Waals surface area contributed by atoms with Crippen LogP contribution in [0, 0.1) is 0 Å². The van der Waals surface area contributed by atoms with Gasteiger partial charge in [0.05, 0.1) is 0 Å². The summed E-state index contributed by atoms with van der Waals surface area (Å²) in [6, 6.07) is 0. The third-order valence-corrected chi connectivity index (χ3v) is 3.43. The van der Waals surface area contributed by atoms with Crippen molar-refractivity contribution in [1.29, 1.82) is 0 Å². The van der Waals surface area contributed by atoms with Crippen molar-refractivity contribution in [3.63, 3.8) is 0 Å². The van der Waals surface area contributed by atoms with E-state index in [-0.39, 0.29) is 21.6 Å². The lowest BCUT2D eigenvalue weighted by atomic mass is 9.84. The lowest BCUT2D eigenvalue weighted by Gasteiger charge is -2.22. The minimum absolute atomic E-state index is 0.114. The largest absolute Gasteiger partial charge is 0.288 e. The molecule has 0 radical (unpaired) electrons. The first kappa shape index (κ1) is 9.94. The van der Waals surface area contributed by atoms with E-state index in [0.717, 1.165) is 12.8 Å². The van der Waals surface area contributed by atoms with Crippen molar-refractivity contribution < 1.29 is 9.59 Å². The molecule has 2 rings (SSSR count). The Morgan fingerprint density at radius 3 is 1.50 bits per heavy atom. The van der Waals surface area contributed by atoms with Crippen molar-refractivity contribution in [2.45, 2.75) is 25.7 Å². The lowest BCUT2D eigenvalue weighted by Crippen LogP contribution is -2.22. The van der Waals surface area contributed by atoms with Gasteiger partial charge in [-0.05, 0) is 25.7 Å². The Morgan fingerprint density at radius 1 is 0.786 bits per heavy atom. The average Bonchev–Trinajstić information content (AvgIpc) is 2.23. The van der Waals surface area contributed by atoms with Crippen LogP contribution in [0.25, 0.3) is 0 Å². The van der Waals surface area contributed by atoms with Gasteiger partial charge in [0.25, 0.3) is 0 Å². The van der Waals surface area contributed by atoms with Crippen molar-refractivity contribution in [3.8, 4) is 0 Å². The van der Waals surface area contributed by atoms with Crippen LogP contribution in [-0.2, 0) is 9.59 Å². The van der Waals surface area contributed by atoms with Crippen molar-refractivity contribution in [2.24, 2.45) is 0 Å². The molecule has 2 aliphatic rings. The molecule has 0 saturated heterocycles. The zero-order valence-electron chi connectivity index (χ0n) is 7.40. The third-order valence-electron chi connectivity index (χ3n) is 2.61. The fourth-order valence-corrected chi connectivity index (χ4v) is 2.27. The molecule has 0 fully saturated rings. The summed E-state index contributed by atoms with van der Waals surface area (Å²) in [5, 5.41) is -0.227. The van der Waals surface area contributed by atoms with Gasteiger partial charge >= 0.3 is 0 Å². The van der Waals surface area contributed by atoms with Gasteiger partial charge in [-0.2, -0.15) is 0 Å². The molecule has 0 heterocycles. The topological polar surface area (TPSA) is 34.1 Å². The predicted octanol–water partition coefficient (Wildman–Crippen LogP) is 2.70. The number of Topliss-reactive ketones (excluding diaryl/α,β-unsaturated/α-hetero) is 2. The molecule has 0 atom stereocenters. The zero-order chi connectivity index (χ0) is 10.3. The van der Waals surface area contributed by atoms with E-state index in [0.29, 0.717) is 24.0 Å². The molecule has 0 bridgehead atoms. The van der Waals surface area contributed by atoms with Crippen LogP contribution in [0.15, 0.2) is 21.2 Å². The summed E-state index contributed by atoms with van der Waals surface area (Å²) in [6.07, 6.45) is 3.19. The van der Waals surface area contributed by atoms with Gasteiger partial charge < -0.3 is 0 Å². The molecule has 74 valence electrons. The number of hydrogen-bond donors (Lipinski definition) is 0. The average molecular weight is 231 g/mol. The highest BCUT2D eigenvalue weighted by Gasteiger charge is 2.33. The molecule has 2 aliphatic carbocycles. The number of hydrogen-bond acceptors (Lipinski definition) is 2. The molecule has 0 saturated carbocycles. The van der Waals surface area contributed by atoms with Crippen molar-refractivity contribution in [1.82, 2.24) is 0 Å². The highest BCUT2D eigenvalue weighted by atomic mass is 35.5. The van der Waals surface area contributed by atoms with Gasteiger partial charge in [-0.1, -0.05) is 23.2 Å². The number of halogens is 2. The van der Waals surface area contributed by atoms with E-state index in [1.54, 1.807) is 0 Å². The first-order valence-corrected chi connectivity index (χ1v) is 5.25. The van der Waals surface area contributed by atoms with E-state index in [1.807, 2.05) is 0 Å². The minimum atomic E-state index is -0.258. The highest BCUT2D eigenvalue weighted by molar-refractivity contribution is 6.58. The van der Waals surface area contributed by atoms with E-state index < -0.39 is 0 Å². The second-order valence-corrected chi connectivity index (χ2v) is 4.21. The molecular formula is C10H8Cl2O2. The van der Waals surface area contributed by atoms with Crippen molar-refractivity contribution >= 4 is 34.8 Å². The smallest absolute Gasteiger partial charge is 0.202 e. The maximum Gasteiger partial charge on any atom is 0.202 e. The Balaban J connectivity index is 2.51. The monoisotopic (exact) mass is 230 g/mol. The highest BCUT2D eigenvalue weighted by Crippen LogP contribution is 2.36. The number of ketones is 2. The van der Waals surface area contributed by atoms with E-state index in [9.17, 15) is 9.59 Å². The van der Waals surface area contributed by atoms with Gasteiger partial charge in [-0.25, -0.2) is 0 Å². The van der Waals surface area contributed by atoms with Gasteiger partial charge in [-0.3, -0.25) is 9.59 Å². The van der Waals surface area contributed by atoms with Crippen LogP contribution in [0.3, 0.4) is 0 Å². The zero-order valence-corrected chi connectivity index (χ0v) is 8.91. The molecule has 0 spiro atoms. The Labute approximate surface area is 91.6 Å². The quantitative estimate of drug-likeness (QED) is 0.600. The fraction of sp³-hybridized carbons (Fsp3) is 0.400. The molecular weight excluding hydrogens is 223 g/mol. The molecule has 0 amide bonds. The molecule has 0 aromatic rings. The molecule has 2 nitrogen and oxygen atoms in total. The second kappa shape index (κ2) is 3.52. The van der Waals surface area contributed by atoms with Gasteiger partial charge in [0, 0.05) is 11.1 Å². The second-order valence-electron chi connectivity index (χ2n) is 3.45. The Bertz CT molecular complexity index is 355. The minimum Gasteiger partial charge on any atom is -0.288 e. The van der Waals surface area contributed by atoms with E-state index in [1.165, 1.54) is 0 Å². The summed E-state index contributed by atoms with van der Waals surface area (Å²) < 4.78 is 0. The van der Waals surface area contributed by atoms with Crippen LogP contribution in [0.5, 0.6) is 0 Å². The molecule has 0 aromatic heterocycles. The maximum absolute atomic E-state index is 11.6. The van der Waals surface area contributed by atoms with Gasteiger partial charge in [0.2, 0.25) is 11.6 Å². The number of carbonyl (C=O) groups excluding carboxylic acids is 2. The molecule has 0 N–H and O–H groups in total. The molecule has 0 aliphatic heterocycles. The summed E-state index contributed by atoms with van der Waals surface area (Å²) in [7, 11) is 0. The van der Waals surface area contributed by atoms with Gasteiger partial charge in [-0.15, -0.1) is 0 Å². The van der Waals surface area contributed by atoms with Crippen molar-refractivity contribution in [2.75, 3.05) is 0 Å². The number of rotatable bonds is 0. The van der Waals surface area contributed by atoms with Crippen LogP contribution < -0.4 is 0 Å².